The Kier molecular flexibility index (Phi) is 5.88. The molecular weight excluding hydrogens is 150 g/mol. The van der Waals surface area contributed by atoms with E-state index in [-0.39, 0.29) is 0 Å². The minimum atomic E-state index is 0.639. The van der Waals surface area contributed by atoms with Crippen LogP contribution in [0, 0.1) is 13.8 Å². The zero-order chi connectivity index (χ0) is 9.40. The van der Waals surface area contributed by atoms with Crippen LogP contribution >= 0.6 is 0 Å². The first-order valence-electron chi connectivity index (χ1n) is 4.03. The van der Waals surface area contributed by atoms with Gasteiger partial charge in [0.1, 0.15) is 6.29 Å². The summed E-state index contributed by atoms with van der Waals surface area (Å²) in [5.41, 5.74) is 2.30. The highest BCUT2D eigenvalue weighted by Gasteiger charge is 1.81. The fraction of sp³-hybridized carbons (Fsp3) is 0.400. The molecule has 2 nitrogen and oxygen atoms in total. The third kappa shape index (κ3) is 5.59. The molecule has 0 aromatic carbocycles. The summed E-state index contributed by atoms with van der Waals surface area (Å²) in [4.78, 5) is 13.3. The van der Waals surface area contributed by atoms with E-state index in [4.69, 9.17) is 0 Å². The second kappa shape index (κ2) is 6.53. The fourth-order valence-corrected chi connectivity index (χ4v) is 0.542. The van der Waals surface area contributed by atoms with Gasteiger partial charge in [0.05, 0.1) is 0 Å². The molecule has 0 unspecified atom stereocenters. The first-order chi connectivity index (χ1) is 5.70. The van der Waals surface area contributed by atoms with Crippen LogP contribution in [-0.2, 0) is 4.79 Å². The van der Waals surface area contributed by atoms with Crippen molar-refractivity contribution in [3.05, 3.63) is 29.6 Å². The molecule has 12 heavy (non-hydrogen) atoms. The number of carbonyl (C=O) groups is 1. The van der Waals surface area contributed by atoms with E-state index in [1.165, 1.54) is 5.56 Å². The lowest BCUT2D eigenvalue weighted by Crippen LogP contribution is -1.78. The monoisotopic (exact) mass is 165 g/mol. The van der Waals surface area contributed by atoms with Crippen molar-refractivity contribution in [1.82, 2.24) is 4.98 Å². The third-order valence-corrected chi connectivity index (χ3v) is 1.23. The molecule has 0 fully saturated rings. The summed E-state index contributed by atoms with van der Waals surface area (Å²) in [6.07, 6.45) is 3.38. The van der Waals surface area contributed by atoms with Crippen LogP contribution in [0.3, 0.4) is 0 Å². The summed E-state index contributed by atoms with van der Waals surface area (Å²) in [6, 6.07) is 4.07. The van der Waals surface area contributed by atoms with Gasteiger partial charge in [0.15, 0.2) is 0 Å². The molecule has 1 aromatic rings. The molecule has 0 spiro atoms. The molecule has 1 rings (SSSR count). The Morgan fingerprint density at radius 1 is 1.42 bits per heavy atom. The predicted octanol–water partition coefficient (Wildman–Crippen LogP) is 2.29. The number of aryl methyl sites for hydroxylation is 2. The molecule has 1 aromatic heterocycles. The lowest BCUT2D eigenvalue weighted by molar-refractivity contribution is -0.107. The Bertz CT molecular complexity index is 195. The lowest BCUT2D eigenvalue weighted by Gasteiger charge is -1.89. The molecule has 0 radical (unpaired) electrons. The predicted molar refractivity (Wildman–Crippen MR) is 50.1 cm³/mol. The van der Waals surface area contributed by atoms with Gasteiger partial charge in [-0.1, -0.05) is 13.0 Å². The van der Waals surface area contributed by atoms with Crippen LogP contribution in [0.5, 0.6) is 0 Å². The fourth-order valence-electron chi connectivity index (χ4n) is 0.542. The minimum Gasteiger partial charge on any atom is -0.303 e. The van der Waals surface area contributed by atoms with Gasteiger partial charge in [-0.05, 0) is 25.5 Å². The van der Waals surface area contributed by atoms with Gasteiger partial charge in [0.2, 0.25) is 0 Å². The SMILES string of the molecule is CCC=O.Cc1ccc(C)nc1. The van der Waals surface area contributed by atoms with Gasteiger partial charge in [0.25, 0.3) is 0 Å². The topological polar surface area (TPSA) is 30.0 Å². The molecule has 2 heteroatoms. The van der Waals surface area contributed by atoms with Gasteiger partial charge in [-0.15, -0.1) is 0 Å². The van der Waals surface area contributed by atoms with Crippen LogP contribution in [0.25, 0.3) is 0 Å². The van der Waals surface area contributed by atoms with Crippen molar-refractivity contribution in [2.45, 2.75) is 27.2 Å². The van der Waals surface area contributed by atoms with Gasteiger partial charge in [0, 0.05) is 18.3 Å². The average Bonchev–Trinajstić information content (AvgIpc) is 2.11. The summed E-state index contributed by atoms with van der Waals surface area (Å²) in [7, 11) is 0. The number of hydrogen-bond acceptors (Lipinski definition) is 2. The molecule has 0 saturated carbocycles. The summed E-state index contributed by atoms with van der Waals surface area (Å²) in [5.74, 6) is 0. The molecule has 0 aliphatic heterocycles. The zero-order valence-electron chi connectivity index (χ0n) is 7.87. The van der Waals surface area contributed by atoms with Gasteiger partial charge in [-0.2, -0.15) is 0 Å². The van der Waals surface area contributed by atoms with E-state index in [1.54, 1.807) is 0 Å². The maximum atomic E-state index is 9.17. The summed E-state index contributed by atoms with van der Waals surface area (Å²) in [5, 5.41) is 0. The van der Waals surface area contributed by atoms with Crippen molar-refractivity contribution in [1.29, 1.82) is 0 Å². The Morgan fingerprint density at radius 3 is 2.25 bits per heavy atom. The van der Waals surface area contributed by atoms with Crippen molar-refractivity contribution in [2.24, 2.45) is 0 Å². The van der Waals surface area contributed by atoms with Crippen LogP contribution in [0.4, 0.5) is 0 Å². The first-order valence-corrected chi connectivity index (χ1v) is 4.03. The van der Waals surface area contributed by atoms with Crippen molar-refractivity contribution in [3.8, 4) is 0 Å². The van der Waals surface area contributed by atoms with Crippen molar-refractivity contribution in [3.63, 3.8) is 0 Å². The number of rotatable bonds is 1. The number of pyridine rings is 1. The molecule has 0 aliphatic rings. The van der Waals surface area contributed by atoms with E-state index in [1.807, 2.05) is 33.0 Å². The van der Waals surface area contributed by atoms with Crippen LogP contribution < -0.4 is 0 Å². The highest BCUT2D eigenvalue weighted by molar-refractivity contribution is 5.48. The first kappa shape index (κ1) is 10.8. The standard InChI is InChI=1S/C7H9N.C3H6O/c1-6-3-4-7(2)8-5-6;1-2-3-4/h3-5H,1-2H3;3H,2H2,1H3. The molecule has 0 bridgehead atoms. The molecule has 0 aliphatic carbocycles. The molecule has 66 valence electrons. The third-order valence-electron chi connectivity index (χ3n) is 1.23. The maximum absolute atomic E-state index is 9.17. The average molecular weight is 165 g/mol. The second-order valence-electron chi connectivity index (χ2n) is 2.55. The quantitative estimate of drug-likeness (QED) is 0.597. The maximum Gasteiger partial charge on any atom is 0.119 e. The molecule has 0 amide bonds. The molecule has 0 saturated heterocycles. The Hall–Kier alpha value is -1.18. The molecule has 1 heterocycles. The van der Waals surface area contributed by atoms with Crippen molar-refractivity contribution < 1.29 is 4.79 Å². The van der Waals surface area contributed by atoms with Crippen LogP contribution in [0.1, 0.15) is 24.6 Å². The summed E-state index contributed by atoms with van der Waals surface area (Å²) in [6.45, 7) is 5.83. The van der Waals surface area contributed by atoms with Crippen LogP contribution in [-0.4, -0.2) is 11.3 Å². The van der Waals surface area contributed by atoms with Gasteiger partial charge >= 0.3 is 0 Å². The molecule has 0 atom stereocenters. The van der Waals surface area contributed by atoms with Crippen molar-refractivity contribution in [2.75, 3.05) is 0 Å². The Balaban J connectivity index is 0.000000261. The summed E-state index contributed by atoms with van der Waals surface area (Å²) >= 11 is 0. The number of aldehydes is 1. The van der Waals surface area contributed by atoms with Crippen LogP contribution in [0.15, 0.2) is 18.3 Å². The normalized spacial score (nSPS) is 8.25. The number of hydrogen-bond donors (Lipinski definition) is 0. The smallest absolute Gasteiger partial charge is 0.119 e. The van der Waals surface area contributed by atoms with Gasteiger partial charge in [-0.3, -0.25) is 4.98 Å². The Morgan fingerprint density at radius 2 is 2.00 bits per heavy atom. The van der Waals surface area contributed by atoms with E-state index in [2.05, 4.69) is 11.1 Å². The number of nitrogens with zero attached hydrogens (tertiary/aromatic N) is 1. The van der Waals surface area contributed by atoms with Gasteiger partial charge in [-0.25, -0.2) is 0 Å². The Labute approximate surface area is 73.6 Å². The van der Waals surface area contributed by atoms with E-state index in [9.17, 15) is 4.79 Å². The van der Waals surface area contributed by atoms with E-state index in [0.29, 0.717) is 6.42 Å². The number of carbonyl (C=O) groups excluding carboxylic acids is 1. The van der Waals surface area contributed by atoms with Crippen LogP contribution in [0.2, 0.25) is 0 Å². The lowest BCUT2D eigenvalue weighted by atomic mass is 10.3. The highest BCUT2D eigenvalue weighted by atomic mass is 16.1. The number of aromatic nitrogens is 1. The van der Waals surface area contributed by atoms with E-state index in [0.717, 1.165) is 12.0 Å². The highest BCUT2D eigenvalue weighted by Crippen LogP contribution is 1.94. The second-order valence-corrected chi connectivity index (χ2v) is 2.55. The largest absolute Gasteiger partial charge is 0.303 e. The molecular formula is C10H15NO. The van der Waals surface area contributed by atoms with Gasteiger partial charge < -0.3 is 4.79 Å². The summed E-state index contributed by atoms with van der Waals surface area (Å²) < 4.78 is 0. The minimum absolute atomic E-state index is 0.639. The van der Waals surface area contributed by atoms with Crippen molar-refractivity contribution >= 4 is 6.29 Å². The van der Waals surface area contributed by atoms with E-state index >= 15 is 0 Å². The molecule has 0 N–H and O–H groups in total. The zero-order valence-corrected chi connectivity index (χ0v) is 7.87. The van der Waals surface area contributed by atoms with E-state index < -0.39 is 0 Å².